The Labute approximate surface area is 77.9 Å². The van der Waals surface area contributed by atoms with E-state index in [2.05, 4.69) is 9.63 Å². The zero-order chi connectivity index (χ0) is 9.68. The van der Waals surface area contributed by atoms with Crippen LogP contribution in [0.2, 0.25) is 0 Å². The molecule has 0 radical (unpaired) electrons. The maximum atomic E-state index is 10.1. The van der Waals surface area contributed by atoms with Crippen LogP contribution in [0.4, 0.5) is 5.69 Å². The van der Waals surface area contributed by atoms with Gasteiger partial charge in [0.25, 0.3) is 0 Å². The van der Waals surface area contributed by atoms with Crippen molar-refractivity contribution >= 4 is 17.0 Å². The lowest BCUT2D eigenvalue weighted by atomic mass is 10.3. The van der Waals surface area contributed by atoms with Gasteiger partial charge in [-0.25, -0.2) is 4.21 Å². The number of benzene rings is 1. The Morgan fingerprint density at radius 3 is 2.46 bits per heavy atom. The van der Waals surface area contributed by atoms with Crippen molar-refractivity contribution < 1.29 is 13.5 Å². The van der Waals surface area contributed by atoms with Gasteiger partial charge >= 0.3 is 11.3 Å². The lowest BCUT2D eigenvalue weighted by Gasteiger charge is -1.97. The monoisotopic (exact) mass is 200 g/mol. The van der Waals surface area contributed by atoms with E-state index in [1.54, 1.807) is 31.4 Å². The van der Waals surface area contributed by atoms with Crippen molar-refractivity contribution in [1.29, 1.82) is 0 Å². The van der Waals surface area contributed by atoms with E-state index >= 15 is 0 Å². The van der Waals surface area contributed by atoms with Crippen molar-refractivity contribution in [3.05, 3.63) is 24.3 Å². The van der Waals surface area contributed by atoms with Gasteiger partial charge in [-0.15, -0.1) is 5.11 Å². The lowest BCUT2D eigenvalue weighted by molar-refractivity contribution is 0.415. The molecule has 1 atom stereocenters. The molecule has 0 spiro atoms. The molecule has 6 heteroatoms. The molecule has 1 unspecified atom stereocenters. The minimum atomic E-state index is -2.25. The molecule has 0 amide bonds. The first-order valence-electron chi connectivity index (χ1n) is 3.39. The summed E-state index contributed by atoms with van der Waals surface area (Å²) >= 11 is -2.25. The van der Waals surface area contributed by atoms with Gasteiger partial charge in [0.05, 0.1) is 12.8 Å². The Hall–Kier alpha value is -1.27. The Morgan fingerprint density at radius 1 is 1.38 bits per heavy atom. The maximum Gasteiger partial charge on any atom is 0.301 e. The molecular weight excluding hydrogens is 192 g/mol. The highest BCUT2D eigenvalue weighted by atomic mass is 32.2. The van der Waals surface area contributed by atoms with Gasteiger partial charge in [0.2, 0.25) is 0 Å². The van der Waals surface area contributed by atoms with Crippen LogP contribution in [0.15, 0.2) is 33.9 Å². The fourth-order valence-electron chi connectivity index (χ4n) is 0.731. The third-order valence-electron chi connectivity index (χ3n) is 1.30. The van der Waals surface area contributed by atoms with E-state index in [0.29, 0.717) is 11.4 Å². The summed E-state index contributed by atoms with van der Waals surface area (Å²) in [5, 5.41) is 3.50. The molecule has 0 saturated carbocycles. The number of nitrogens with zero attached hydrogens (tertiary/aromatic N) is 2. The average Bonchev–Trinajstić information content (AvgIpc) is 2.15. The van der Waals surface area contributed by atoms with E-state index in [9.17, 15) is 4.21 Å². The topological polar surface area (TPSA) is 71.2 Å². The Kier molecular flexibility index (Phi) is 3.53. The number of methoxy groups -OCH3 is 1. The molecule has 0 bridgehead atoms. The highest BCUT2D eigenvalue weighted by molar-refractivity contribution is 7.77. The van der Waals surface area contributed by atoms with Gasteiger partial charge in [0, 0.05) is 0 Å². The first-order chi connectivity index (χ1) is 6.22. The normalized spacial score (nSPS) is 13.1. The molecule has 1 N–H and O–H groups in total. The fraction of sp³-hybridized carbons (Fsp3) is 0.143. The molecule has 0 aliphatic rings. The van der Waals surface area contributed by atoms with Gasteiger partial charge in [-0.2, -0.15) is 0 Å². The number of rotatable bonds is 3. The van der Waals surface area contributed by atoms with E-state index in [-0.39, 0.29) is 0 Å². The first-order valence-corrected chi connectivity index (χ1v) is 4.45. The van der Waals surface area contributed by atoms with Crippen LogP contribution in [0.1, 0.15) is 0 Å². The molecule has 5 nitrogen and oxygen atoms in total. The summed E-state index contributed by atoms with van der Waals surface area (Å²) in [5.74, 6) is 0.698. The van der Waals surface area contributed by atoms with Crippen LogP contribution in [0.3, 0.4) is 0 Å². The summed E-state index contributed by atoms with van der Waals surface area (Å²) in [7, 11) is 1.55. The highest BCUT2D eigenvalue weighted by Gasteiger charge is 1.92. The Balaban J connectivity index is 2.75. The second-order valence-electron chi connectivity index (χ2n) is 2.11. The Bertz CT molecular complexity index is 323. The Morgan fingerprint density at radius 2 is 2.00 bits per heavy atom. The van der Waals surface area contributed by atoms with Crippen LogP contribution >= 0.6 is 0 Å². The third-order valence-corrected chi connectivity index (χ3v) is 1.52. The molecule has 1 aromatic carbocycles. The summed E-state index contributed by atoms with van der Waals surface area (Å²) in [6.45, 7) is 0. The molecule has 13 heavy (non-hydrogen) atoms. The van der Waals surface area contributed by atoms with Gasteiger partial charge in [0.15, 0.2) is 0 Å². The van der Waals surface area contributed by atoms with Crippen LogP contribution in [0.25, 0.3) is 0 Å². The van der Waals surface area contributed by atoms with Crippen LogP contribution in [-0.4, -0.2) is 15.9 Å². The maximum absolute atomic E-state index is 10.1. The van der Waals surface area contributed by atoms with Crippen molar-refractivity contribution in [3.8, 4) is 5.75 Å². The quantitative estimate of drug-likeness (QED) is 0.598. The predicted molar refractivity (Wildman–Crippen MR) is 48.3 cm³/mol. The lowest BCUT2D eigenvalue weighted by Crippen LogP contribution is -1.80. The molecular formula is C7H8N2O3S. The summed E-state index contributed by atoms with van der Waals surface area (Å²) in [6.07, 6.45) is 0. The number of hydrogen-bond acceptors (Lipinski definition) is 3. The van der Waals surface area contributed by atoms with Crippen molar-refractivity contribution in [2.24, 2.45) is 9.63 Å². The zero-order valence-electron chi connectivity index (χ0n) is 6.88. The van der Waals surface area contributed by atoms with Gasteiger partial charge in [-0.3, -0.25) is 4.55 Å². The zero-order valence-corrected chi connectivity index (χ0v) is 7.69. The van der Waals surface area contributed by atoms with E-state index in [1.807, 2.05) is 0 Å². The van der Waals surface area contributed by atoms with Gasteiger partial charge in [0.1, 0.15) is 5.75 Å². The first kappa shape index (κ1) is 9.82. The number of hydrogen-bond donors (Lipinski definition) is 1. The SMILES string of the molecule is COc1ccc(N=NS(=O)O)cc1. The summed E-state index contributed by atoms with van der Waals surface area (Å²) in [5.41, 5.74) is 0.503. The molecule has 1 rings (SSSR count). The van der Waals surface area contributed by atoms with Crippen LogP contribution < -0.4 is 4.74 Å². The average molecular weight is 200 g/mol. The molecule has 0 aromatic heterocycles. The van der Waals surface area contributed by atoms with Crippen molar-refractivity contribution in [1.82, 2.24) is 0 Å². The summed E-state index contributed by atoms with van der Waals surface area (Å²) < 4.78 is 26.4. The second-order valence-corrected chi connectivity index (χ2v) is 2.74. The highest BCUT2D eigenvalue weighted by Crippen LogP contribution is 2.17. The summed E-state index contributed by atoms with van der Waals surface area (Å²) in [6, 6.07) is 6.65. The minimum Gasteiger partial charge on any atom is -0.497 e. The molecule has 1 aromatic rings. The van der Waals surface area contributed by atoms with Crippen LogP contribution in [0.5, 0.6) is 5.75 Å². The molecule has 0 heterocycles. The smallest absolute Gasteiger partial charge is 0.301 e. The van der Waals surface area contributed by atoms with Crippen molar-refractivity contribution in [2.45, 2.75) is 0 Å². The predicted octanol–water partition coefficient (Wildman–Crippen LogP) is 1.92. The fourth-order valence-corrected chi connectivity index (χ4v) is 0.895. The standard InChI is InChI=1S/C7H8N2O3S/c1-12-7-4-2-6(3-5-7)8-9-13(10)11/h2-5H,1H3,(H,10,11). The minimum absolute atomic E-state index is 0.503. The van der Waals surface area contributed by atoms with Crippen molar-refractivity contribution in [3.63, 3.8) is 0 Å². The largest absolute Gasteiger partial charge is 0.497 e. The molecule has 0 aliphatic heterocycles. The van der Waals surface area contributed by atoms with Crippen molar-refractivity contribution in [2.75, 3.05) is 7.11 Å². The molecule has 70 valence electrons. The molecule has 0 saturated heterocycles. The molecule has 0 aliphatic carbocycles. The van der Waals surface area contributed by atoms with Crippen LogP contribution in [0, 0.1) is 0 Å². The number of ether oxygens (including phenoxy) is 1. The van der Waals surface area contributed by atoms with E-state index in [4.69, 9.17) is 9.29 Å². The molecule has 0 fully saturated rings. The third kappa shape index (κ3) is 3.30. The summed E-state index contributed by atoms with van der Waals surface area (Å²) in [4.78, 5) is 0. The van der Waals surface area contributed by atoms with Gasteiger partial charge < -0.3 is 4.74 Å². The van der Waals surface area contributed by atoms with Crippen LogP contribution in [-0.2, 0) is 11.3 Å². The van der Waals surface area contributed by atoms with E-state index in [1.165, 1.54) is 0 Å². The van der Waals surface area contributed by atoms with Gasteiger partial charge in [-0.05, 0) is 24.3 Å². The van der Waals surface area contributed by atoms with E-state index < -0.39 is 11.3 Å². The second kappa shape index (κ2) is 4.68. The van der Waals surface area contributed by atoms with Gasteiger partial charge in [-0.1, -0.05) is 4.52 Å². The van der Waals surface area contributed by atoms with E-state index in [0.717, 1.165) is 0 Å².